The Morgan fingerprint density at radius 1 is 1.20 bits per heavy atom. The number of hydrogen-bond donors (Lipinski definition) is 1. The van der Waals surface area contributed by atoms with E-state index in [1.54, 1.807) is 17.0 Å². The van der Waals surface area contributed by atoms with Gasteiger partial charge in [-0.05, 0) is 31.2 Å². The normalized spacial score (nSPS) is 10.2. The van der Waals surface area contributed by atoms with Crippen molar-refractivity contribution in [1.82, 2.24) is 4.98 Å². The van der Waals surface area contributed by atoms with Crippen molar-refractivity contribution in [2.75, 3.05) is 24.3 Å². The number of anilines is 2. The van der Waals surface area contributed by atoms with E-state index in [2.05, 4.69) is 10.3 Å². The first kappa shape index (κ1) is 14.3. The van der Waals surface area contributed by atoms with Crippen LogP contribution in [0.25, 0.3) is 0 Å². The summed E-state index contributed by atoms with van der Waals surface area (Å²) in [4.78, 5) is 18.2. The van der Waals surface area contributed by atoms with Gasteiger partial charge < -0.3 is 10.2 Å². The second kappa shape index (κ2) is 5.92. The van der Waals surface area contributed by atoms with Crippen molar-refractivity contribution in [3.63, 3.8) is 0 Å². The molecule has 1 heterocycles. The zero-order valence-electron chi connectivity index (χ0n) is 11.6. The lowest BCUT2D eigenvalue weighted by atomic mass is 10.2. The van der Waals surface area contributed by atoms with Gasteiger partial charge in [-0.2, -0.15) is 0 Å². The summed E-state index contributed by atoms with van der Waals surface area (Å²) in [5.74, 6) is 0.438. The molecule has 0 spiro atoms. The summed E-state index contributed by atoms with van der Waals surface area (Å²) in [5.41, 5.74) is 2.37. The number of hydrogen-bond acceptors (Lipinski definition) is 3. The number of benzene rings is 1. The minimum atomic E-state index is -0.207. The van der Waals surface area contributed by atoms with E-state index in [1.807, 2.05) is 45.3 Å². The van der Waals surface area contributed by atoms with E-state index in [-0.39, 0.29) is 5.91 Å². The molecule has 0 aliphatic heterocycles. The van der Waals surface area contributed by atoms with E-state index < -0.39 is 0 Å². The SMILES string of the molecule is Cc1ccc(NC(=O)c2cc(Cl)nc(N(C)C)c2)cc1. The number of aryl methyl sites for hydroxylation is 1. The molecule has 0 fully saturated rings. The molecule has 4 nitrogen and oxygen atoms in total. The molecule has 0 aliphatic rings. The summed E-state index contributed by atoms with van der Waals surface area (Å²) in [7, 11) is 3.70. The molecule has 0 aliphatic carbocycles. The minimum Gasteiger partial charge on any atom is -0.363 e. The summed E-state index contributed by atoms with van der Waals surface area (Å²) in [6, 6.07) is 10.9. The van der Waals surface area contributed by atoms with E-state index in [4.69, 9.17) is 11.6 Å². The lowest BCUT2D eigenvalue weighted by Crippen LogP contribution is -2.15. The topological polar surface area (TPSA) is 45.2 Å². The molecule has 2 aromatic rings. The fourth-order valence-electron chi connectivity index (χ4n) is 1.68. The highest BCUT2D eigenvalue weighted by atomic mass is 35.5. The summed E-state index contributed by atoms with van der Waals surface area (Å²) < 4.78 is 0. The maximum atomic E-state index is 12.2. The fraction of sp³-hybridized carbons (Fsp3) is 0.200. The summed E-state index contributed by atoms with van der Waals surface area (Å²) in [5, 5.41) is 3.13. The Bertz CT molecular complexity index is 624. The van der Waals surface area contributed by atoms with Crippen LogP contribution in [0.4, 0.5) is 11.5 Å². The summed E-state index contributed by atoms with van der Waals surface area (Å²) in [6.07, 6.45) is 0. The Labute approximate surface area is 123 Å². The molecule has 5 heteroatoms. The van der Waals surface area contributed by atoms with Crippen molar-refractivity contribution in [3.05, 3.63) is 52.7 Å². The van der Waals surface area contributed by atoms with Gasteiger partial charge in [0.05, 0.1) is 0 Å². The van der Waals surface area contributed by atoms with Crippen LogP contribution >= 0.6 is 11.6 Å². The third kappa shape index (κ3) is 3.48. The van der Waals surface area contributed by atoms with Crippen molar-refractivity contribution in [3.8, 4) is 0 Å². The quantitative estimate of drug-likeness (QED) is 0.881. The molecular formula is C15H16ClN3O. The first-order valence-corrected chi connectivity index (χ1v) is 6.56. The number of pyridine rings is 1. The highest BCUT2D eigenvalue weighted by Gasteiger charge is 2.10. The zero-order chi connectivity index (χ0) is 14.7. The van der Waals surface area contributed by atoms with Crippen LogP contribution in [-0.4, -0.2) is 25.0 Å². The van der Waals surface area contributed by atoms with Crippen molar-refractivity contribution in [2.45, 2.75) is 6.92 Å². The Morgan fingerprint density at radius 3 is 2.45 bits per heavy atom. The molecule has 0 unspecified atom stereocenters. The zero-order valence-corrected chi connectivity index (χ0v) is 12.4. The molecule has 0 saturated heterocycles. The Morgan fingerprint density at radius 2 is 1.85 bits per heavy atom. The second-order valence-electron chi connectivity index (χ2n) is 4.75. The third-order valence-corrected chi connectivity index (χ3v) is 3.00. The van der Waals surface area contributed by atoms with Crippen LogP contribution in [0.5, 0.6) is 0 Å². The van der Waals surface area contributed by atoms with Gasteiger partial charge in [-0.25, -0.2) is 4.98 Å². The maximum absolute atomic E-state index is 12.2. The minimum absolute atomic E-state index is 0.207. The van der Waals surface area contributed by atoms with Gasteiger partial charge in [0.2, 0.25) is 0 Å². The molecule has 1 N–H and O–H groups in total. The predicted molar refractivity (Wildman–Crippen MR) is 82.7 cm³/mol. The van der Waals surface area contributed by atoms with Gasteiger partial charge in [0.15, 0.2) is 0 Å². The third-order valence-electron chi connectivity index (χ3n) is 2.81. The Hall–Kier alpha value is -2.07. The van der Waals surface area contributed by atoms with Gasteiger partial charge in [-0.15, -0.1) is 0 Å². The number of carbonyl (C=O) groups is 1. The predicted octanol–water partition coefficient (Wildman–Crippen LogP) is 3.36. The van der Waals surface area contributed by atoms with Crippen molar-refractivity contribution < 1.29 is 4.79 Å². The van der Waals surface area contributed by atoms with Crippen LogP contribution in [0, 0.1) is 6.92 Å². The Kier molecular flexibility index (Phi) is 4.25. The molecule has 104 valence electrons. The van der Waals surface area contributed by atoms with E-state index in [9.17, 15) is 4.79 Å². The Balaban J connectivity index is 2.22. The summed E-state index contributed by atoms with van der Waals surface area (Å²) in [6.45, 7) is 2.00. The van der Waals surface area contributed by atoms with Crippen molar-refractivity contribution in [1.29, 1.82) is 0 Å². The number of nitrogens with zero attached hydrogens (tertiary/aromatic N) is 2. The second-order valence-corrected chi connectivity index (χ2v) is 5.14. The first-order valence-electron chi connectivity index (χ1n) is 6.18. The molecule has 2 rings (SSSR count). The molecule has 1 amide bonds. The lowest BCUT2D eigenvalue weighted by molar-refractivity contribution is 0.102. The van der Waals surface area contributed by atoms with E-state index in [1.165, 1.54) is 0 Å². The van der Waals surface area contributed by atoms with Crippen LogP contribution in [0.3, 0.4) is 0 Å². The van der Waals surface area contributed by atoms with E-state index in [0.717, 1.165) is 11.3 Å². The highest BCUT2D eigenvalue weighted by molar-refractivity contribution is 6.30. The van der Waals surface area contributed by atoms with E-state index >= 15 is 0 Å². The van der Waals surface area contributed by atoms with Crippen LogP contribution < -0.4 is 10.2 Å². The number of carbonyl (C=O) groups excluding carboxylic acids is 1. The molecule has 0 atom stereocenters. The monoisotopic (exact) mass is 289 g/mol. The first-order chi connectivity index (χ1) is 9.45. The number of amides is 1. The van der Waals surface area contributed by atoms with E-state index in [0.29, 0.717) is 16.5 Å². The number of halogens is 1. The van der Waals surface area contributed by atoms with Crippen LogP contribution in [0.1, 0.15) is 15.9 Å². The standard InChI is InChI=1S/C15H16ClN3O/c1-10-4-6-12(7-5-10)17-15(20)11-8-13(16)18-14(9-11)19(2)3/h4-9H,1-3H3,(H,17,20). The number of aromatic nitrogens is 1. The van der Waals surface area contributed by atoms with Crippen LogP contribution in [0.2, 0.25) is 5.15 Å². The number of nitrogens with one attached hydrogen (secondary N) is 1. The number of rotatable bonds is 3. The molecule has 1 aromatic carbocycles. The highest BCUT2D eigenvalue weighted by Crippen LogP contribution is 2.18. The van der Waals surface area contributed by atoms with Crippen molar-refractivity contribution in [2.24, 2.45) is 0 Å². The van der Waals surface area contributed by atoms with Crippen molar-refractivity contribution >= 4 is 29.0 Å². The molecule has 0 saturated carbocycles. The molecule has 0 radical (unpaired) electrons. The van der Waals surface area contributed by atoms with Crippen LogP contribution in [0.15, 0.2) is 36.4 Å². The van der Waals surface area contributed by atoms with Gasteiger partial charge in [-0.1, -0.05) is 29.3 Å². The van der Waals surface area contributed by atoms with Crippen LogP contribution in [-0.2, 0) is 0 Å². The average Bonchev–Trinajstić information content (AvgIpc) is 2.40. The van der Waals surface area contributed by atoms with Gasteiger partial charge >= 0.3 is 0 Å². The molecular weight excluding hydrogens is 274 g/mol. The van der Waals surface area contributed by atoms with Gasteiger partial charge in [0, 0.05) is 25.3 Å². The smallest absolute Gasteiger partial charge is 0.255 e. The molecule has 0 bridgehead atoms. The summed E-state index contributed by atoms with van der Waals surface area (Å²) >= 11 is 5.94. The largest absolute Gasteiger partial charge is 0.363 e. The van der Waals surface area contributed by atoms with Gasteiger partial charge in [0.25, 0.3) is 5.91 Å². The molecule has 20 heavy (non-hydrogen) atoms. The average molecular weight is 290 g/mol. The molecule has 1 aromatic heterocycles. The fourth-order valence-corrected chi connectivity index (χ4v) is 1.89. The van der Waals surface area contributed by atoms with Gasteiger partial charge in [-0.3, -0.25) is 4.79 Å². The van der Waals surface area contributed by atoms with Gasteiger partial charge in [0.1, 0.15) is 11.0 Å². The lowest BCUT2D eigenvalue weighted by Gasteiger charge is -2.13. The maximum Gasteiger partial charge on any atom is 0.255 e.